The van der Waals surface area contributed by atoms with E-state index in [-0.39, 0.29) is 11.5 Å². The van der Waals surface area contributed by atoms with Crippen LogP contribution in [0.2, 0.25) is 0 Å². The summed E-state index contributed by atoms with van der Waals surface area (Å²) in [4.78, 5) is 0. The molecule has 0 saturated carbocycles. The first kappa shape index (κ1) is 11.4. The zero-order valence-corrected chi connectivity index (χ0v) is 8.44. The molecule has 1 aliphatic heterocycles. The van der Waals surface area contributed by atoms with Crippen LogP contribution in [0.3, 0.4) is 0 Å². The molecule has 1 saturated heterocycles. The lowest BCUT2D eigenvalue weighted by atomic mass is 9.92. The highest BCUT2D eigenvalue weighted by atomic mass is 19.4. The van der Waals surface area contributed by atoms with Gasteiger partial charge in [-0.05, 0) is 25.1 Å². The molecule has 0 spiro atoms. The molecule has 1 N–H and O–H groups in total. The maximum atomic E-state index is 13.5. The highest BCUT2D eigenvalue weighted by Gasteiger charge is 2.37. The van der Waals surface area contributed by atoms with Crippen LogP contribution in [0.15, 0.2) is 18.2 Å². The Kier molecular flexibility index (Phi) is 2.88. The second-order valence-electron chi connectivity index (χ2n) is 3.89. The Morgan fingerprint density at radius 1 is 1.25 bits per heavy atom. The van der Waals surface area contributed by atoms with E-state index in [1.807, 2.05) is 0 Å². The van der Waals surface area contributed by atoms with Crippen molar-refractivity contribution in [2.24, 2.45) is 0 Å². The molecule has 0 bridgehead atoms. The number of alkyl halides is 3. The molecule has 0 aromatic heterocycles. The summed E-state index contributed by atoms with van der Waals surface area (Å²) in [6.07, 6.45) is -3.94. The average Bonchev–Trinajstić information content (AvgIpc) is 2.68. The lowest BCUT2D eigenvalue weighted by Crippen LogP contribution is -2.16. The second-order valence-corrected chi connectivity index (χ2v) is 3.89. The largest absolute Gasteiger partial charge is 0.416 e. The molecule has 1 atom stereocenters. The first-order chi connectivity index (χ1) is 7.50. The van der Waals surface area contributed by atoms with Gasteiger partial charge in [0.15, 0.2) is 0 Å². The van der Waals surface area contributed by atoms with Gasteiger partial charge in [0.2, 0.25) is 0 Å². The van der Waals surface area contributed by atoms with Gasteiger partial charge in [-0.15, -0.1) is 0 Å². The van der Waals surface area contributed by atoms with Crippen LogP contribution in [0, 0.1) is 5.82 Å². The molecular weight excluding hydrogens is 222 g/mol. The van der Waals surface area contributed by atoms with Crippen molar-refractivity contribution in [1.82, 2.24) is 5.32 Å². The van der Waals surface area contributed by atoms with E-state index in [1.165, 1.54) is 0 Å². The summed E-state index contributed by atoms with van der Waals surface area (Å²) in [5.74, 6) is -1.14. The molecule has 1 nitrogen and oxygen atoms in total. The second kappa shape index (κ2) is 4.05. The summed E-state index contributed by atoms with van der Waals surface area (Å²) in [7, 11) is 0. The maximum Gasteiger partial charge on any atom is 0.416 e. The molecule has 5 heteroatoms. The van der Waals surface area contributed by atoms with E-state index in [2.05, 4.69) is 5.32 Å². The summed E-state index contributed by atoms with van der Waals surface area (Å²) in [5.41, 5.74) is -1.04. The monoisotopic (exact) mass is 233 g/mol. The first-order valence-corrected chi connectivity index (χ1v) is 5.06. The van der Waals surface area contributed by atoms with Crippen molar-refractivity contribution in [3.8, 4) is 0 Å². The van der Waals surface area contributed by atoms with Crippen molar-refractivity contribution >= 4 is 0 Å². The van der Waals surface area contributed by atoms with E-state index in [4.69, 9.17) is 0 Å². The van der Waals surface area contributed by atoms with E-state index < -0.39 is 17.6 Å². The molecule has 1 aromatic carbocycles. The lowest BCUT2D eigenvalue weighted by molar-refractivity contribution is -0.138. The third kappa shape index (κ3) is 2.04. The van der Waals surface area contributed by atoms with Crippen LogP contribution in [0.5, 0.6) is 0 Å². The molecule has 2 rings (SSSR count). The normalized spacial score (nSPS) is 21.4. The van der Waals surface area contributed by atoms with Crippen molar-refractivity contribution < 1.29 is 17.6 Å². The van der Waals surface area contributed by atoms with Gasteiger partial charge >= 0.3 is 6.18 Å². The number of benzene rings is 1. The summed E-state index contributed by atoms with van der Waals surface area (Å²) in [5, 5.41) is 2.94. The fraction of sp³-hybridized carbons (Fsp3) is 0.455. The smallest absolute Gasteiger partial charge is 0.316 e. The predicted octanol–water partition coefficient (Wildman–Crippen LogP) is 2.92. The Morgan fingerprint density at radius 3 is 2.56 bits per heavy atom. The average molecular weight is 233 g/mol. The van der Waals surface area contributed by atoms with E-state index in [0.29, 0.717) is 19.5 Å². The van der Waals surface area contributed by atoms with Gasteiger partial charge in [0.25, 0.3) is 0 Å². The van der Waals surface area contributed by atoms with Gasteiger partial charge in [0.05, 0.1) is 5.56 Å². The quantitative estimate of drug-likeness (QED) is 0.735. The third-order valence-corrected chi connectivity index (χ3v) is 2.83. The molecule has 0 radical (unpaired) electrons. The molecule has 1 heterocycles. The number of nitrogens with one attached hydrogen (secondary N) is 1. The van der Waals surface area contributed by atoms with Crippen molar-refractivity contribution in [2.45, 2.75) is 18.5 Å². The van der Waals surface area contributed by atoms with Gasteiger partial charge < -0.3 is 5.32 Å². The van der Waals surface area contributed by atoms with Crippen molar-refractivity contribution in [3.05, 3.63) is 35.1 Å². The van der Waals surface area contributed by atoms with Crippen LogP contribution >= 0.6 is 0 Å². The van der Waals surface area contributed by atoms with Gasteiger partial charge in [0, 0.05) is 18.0 Å². The Balaban J connectivity index is 2.48. The first-order valence-electron chi connectivity index (χ1n) is 5.06. The minimum atomic E-state index is -4.49. The SMILES string of the molecule is Fc1cccc(C(F)(F)F)c1C1CCNC1. The fourth-order valence-corrected chi connectivity index (χ4v) is 2.10. The van der Waals surface area contributed by atoms with Crippen LogP contribution in [0.4, 0.5) is 17.6 Å². The molecule has 1 fully saturated rings. The minimum absolute atomic E-state index is 0.194. The molecule has 0 amide bonds. The van der Waals surface area contributed by atoms with E-state index in [1.54, 1.807) is 0 Å². The summed E-state index contributed by atoms with van der Waals surface area (Å²) in [6, 6.07) is 3.13. The highest BCUT2D eigenvalue weighted by molar-refractivity contribution is 5.35. The Labute approximate surface area is 90.5 Å². The maximum absolute atomic E-state index is 13.5. The Hall–Kier alpha value is -1.10. The van der Waals surface area contributed by atoms with Gasteiger partial charge in [-0.1, -0.05) is 6.07 Å². The Morgan fingerprint density at radius 2 is 2.00 bits per heavy atom. The molecule has 1 unspecified atom stereocenters. The van der Waals surface area contributed by atoms with E-state index in [0.717, 1.165) is 18.2 Å². The topological polar surface area (TPSA) is 12.0 Å². The van der Waals surface area contributed by atoms with Crippen LogP contribution in [-0.2, 0) is 6.18 Å². The summed E-state index contributed by atoms with van der Waals surface area (Å²) < 4.78 is 51.6. The summed E-state index contributed by atoms with van der Waals surface area (Å²) >= 11 is 0. The number of hydrogen-bond donors (Lipinski definition) is 1. The zero-order valence-electron chi connectivity index (χ0n) is 8.44. The Bertz CT molecular complexity index is 380. The lowest BCUT2D eigenvalue weighted by Gasteiger charge is -2.17. The minimum Gasteiger partial charge on any atom is -0.316 e. The molecule has 88 valence electrons. The molecule has 0 aliphatic carbocycles. The van der Waals surface area contributed by atoms with Crippen LogP contribution < -0.4 is 5.32 Å². The van der Waals surface area contributed by atoms with Crippen LogP contribution in [-0.4, -0.2) is 13.1 Å². The molecule has 1 aromatic rings. The molecule has 16 heavy (non-hydrogen) atoms. The van der Waals surface area contributed by atoms with Gasteiger partial charge in [-0.3, -0.25) is 0 Å². The van der Waals surface area contributed by atoms with Crippen molar-refractivity contribution in [1.29, 1.82) is 0 Å². The van der Waals surface area contributed by atoms with Gasteiger partial charge in [0.1, 0.15) is 5.82 Å². The van der Waals surface area contributed by atoms with Crippen LogP contribution in [0.1, 0.15) is 23.5 Å². The van der Waals surface area contributed by atoms with Crippen molar-refractivity contribution in [2.75, 3.05) is 13.1 Å². The summed E-state index contributed by atoms with van der Waals surface area (Å²) in [6.45, 7) is 1.04. The van der Waals surface area contributed by atoms with E-state index >= 15 is 0 Å². The van der Waals surface area contributed by atoms with Crippen LogP contribution in [0.25, 0.3) is 0 Å². The number of halogens is 4. The number of hydrogen-bond acceptors (Lipinski definition) is 1. The zero-order chi connectivity index (χ0) is 11.8. The highest BCUT2D eigenvalue weighted by Crippen LogP contribution is 2.38. The molecular formula is C11H11F4N. The fourth-order valence-electron chi connectivity index (χ4n) is 2.10. The van der Waals surface area contributed by atoms with Crippen molar-refractivity contribution in [3.63, 3.8) is 0 Å². The van der Waals surface area contributed by atoms with E-state index in [9.17, 15) is 17.6 Å². The van der Waals surface area contributed by atoms with Gasteiger partial charge in [-0.25, -0.2) is 4.39 Å². The predicted molar refractivity (Wildman–Crippen MR) is 51.6 cm³/mol. The molecule has 1 aliphatic rings. The number of rotatable bonds is 1. The van der Waals surface area contributed by atoms with Gasteiger partial charge in [-0.2, -0.15) is 13.2 Å². The standard InChI is InChI=1S/C11H11F4N/c12-9-3-1-2-8(11(13,14)15)10(9)7-4-5-16-6-7/h1-3,7,16H,4-6H2. The third-order valence-electron chi connectivity index (χ3n) is 2.83.